The van der Waals surface area contributed by atoms with Crippen LogP contribution in [-0.4, -0.2) is 139 Å². The molecule has 3 aliphatic heterocycles. The Bertz CT molecular complexity index is 2420. The number of piperidine rings is 2. The normalized spacial score (nSPS) is 16.9. The van der Waals surface area contributed by atoms with Crippen LogP contribution in [0.2, 0.25) is 0 Å². The van der Waals surface area contributed by atoms with Gasteiger partial charge in [-0.25, -0.2) is 14.4 Å². The number of benzene rings is 2. The molecule has 346 valence electrons. The fraction of sp³-hybridized carbons (Fsp3) is 0.438. The van der Waals surface area contributed by atoms with E-state index in [0.29, 0.717) is 48.9 Å². The lowest BCUT2D eigenvalue weighted by Gasteiger charge is -2.39. The molecule has 0 radical (unpaired) electrons. The maximum Gasteiger partial charge on any atom is 0.256 e. The van der Waals surface area contributed by atoms with Gasteiger partial charge in [0.05, 0.1) is 16.8 Å². The summed E-state index contributed by atoms with van der Waals surface area (Å²) >= 11 is 0. The van der Waals surface area contributed by atoms with E-state index in [1.54, 1.807) is 48.7 Å². The number of anilines is 6. The summed E-state index contributed by atoms with van der Waals surface area (Å²) in [6, 6.07) is 14.0. The van der Waals surface area contributed by atoms with E-state index in [1.807, 2.05) is 48.2 Å². The number of carbonyl (C=O) groups excluding carboxylic acids is 5. The molecule has 4 aromatic rings. The van der Waals surface area contributed by atoms with Crippen LogP contribution in [0.3, 0.4) is 0 Å². The van der Waals surface area contributed by atoms with Gasteiger partial charge in [-0.2, -0.15) is 0 Å². The van der Waals surface area contributed by atoms with Crippen molar-refractivity contribution in [3.8, 4) is 0 Å². The third-order valence-corrected chi connectivity index (χ3v) is 12.5. The van der Waals surface area contributed by atoms with Crippen molar-refractivity contribution in [2.45, 2.75) is 71.9 Å². The lowest BCUT2D eigenvalue weighted by Crippen LogP contribution is -2.48. The van der Waals surface area contributed by atoms with Gasteiger partial charge in [-0.1, -0.05) is 0 Å². The van der Waals surface area contributed by atoms with Crippen molar-refractivity contribution in [1.82, 2.24) is 29.6 Å². The Morgan fingerprint density at radius 2 is 1.17 bits per heavy atom. The quantitative estimate of drug-likeness (QED) is 0.162. The van der Waals surface area contributed by atoms with E-state index in [4.69, 9.17) is 5.73 Å². The van der Waals surface area contributed by atoms with Gasteiger partial charge in [0.15, 0.2) is 0 Å². The number of nitrogens with two attached hydrogens (primary N) is 1. The fourth-order valence-electron chi connectivity index (χ4n) is 8.44. The summed E-state index contributed by atoms with van der Waals surface area (Å²) in [4.78, 5) is 80.5. The van der Waals surface area contributed by atoms with Crippen molar-refractivity contribution in [2.24, 2.45) is 5.73 Å². The molecule has 17 heteroatoms. The minimum absolute atomic E-state index is 0.00216. The van der Waals surface area contributed by atoms with Gasteiger partial charge in [0.25, 0.3) is 17.7 Å². The number of pyridine rings is 2. The molecular formula is C48H62FN11O5. The molecule has 3 saturated heterocycles. The molecular weight excluding hydrogens is 830 g/mol. The molecule has 3 fully saturated rings. The molecule has 0 bridgehead atoms. The van der Waals surface area contributed by atoms with Crippen LogP contribution in [0.15, 0.2) is 60.9 Å². The minimum atomic E-state index is -0.607. The van der Waals surface area contributed by atoms with Gasteiger partial charge in [-0.3, -0.25) is 24.0 Å². The van der Waals surface area contributed by atoms with Crippen LogP contribution in [0, 0.1) is 19.7 Å². The molecule has 0 saturated carbocycles. The van der Waals surface area contributed by atoms with Gasteiger partial charge in [-0.05, 0) is 93.5 Å². The number of halogens is 1. The summed E-state index contributed by atoms with van der Waals surface area (Å²) in [5, 5.41) is 6.47. The number of hydrogen-bond donors (Lipinski definition) is 3. The fourth-order valence-corrected chi connectivity index (χ4v) is 8.44. The standard InChI is InChI=1S/C24H29FN6O3.C24H33N5O2/c1-15(32)31-8-3-5-17(14-31)29(2)21-12-22(27-13-19(21)23(26)33)28-16-6-7-20(25)18(11-16)24(34)30-9-4-10-30;1-16-12-19(9-10-21(16)24(31)27(4)5)26-23-13-22(17(2)14-25-23)28(6)20-8-7-11-29(15-20)18(3)30/h6-7,11-13,17H,3-5,8-10,14H2,1-2H3,(H2,26,33)(H,27,28);9-10,12-14,20H,7-8,11,15H2,1-6H3,(H,25,26)/t17-;20-/m11/s1. The van der Waals surface area contributed by atoms with Crippen LogP contribution in [0.25, 0.3) is 0 Å². The Morgan fingerprint density at radius 3 is 1.69 bits per heavy atom. The average Bonchev–Trinajstić information content (AvgIpc) is 3.26. The summed E-state index contributed by atoms with van der Waals surface area (Å²) in [5.41, 5.74) is 11.6. The highest BCUT2D eigenvalue weighted by molar-refractivity contribution is 5.99. The van der Waals surface area contributed by atoms with E-state index in [-0.39, 0.29) is 46.8 Å². The van der Waals surface area contributed by atoms with Gasteiger partial charge in [0.2, 0.25) is 11.8 Å². The van der Waals surface area contributed by atoms with Crippen LogP contribution < -0.4 is 26.2 Å². The van der Waals surface area contributed by atoms with Gasteiger partial charge in [0.1, 0.15) is 17.5 Å². The highest BCUT2D eigenvalue weighted by atomic mass is 19.1. The average molecular weight is 892 g/mol. The number of carbonyl (C=O) groups is 5. The largest absolute Gasteiger partial charge is 0.369 e. The second-order valence-electron chi connectivity index (χ2n) is 17.4. The molecule has 5 amide bonds. The van der Waals surface area contributed by atoms with Crippen molar-refractivity contribution in [2.75, 3.05) is 87.9 Å². The molecule has 7 rings (SSSR count). The number of likely N-dealkylation sites (N-methyl/N-ethyl adjacent to an activating group) is 2. The Hall–Kier alpha value is -6.78. The van der Waals surface area contributed by atoms with Crippen molar-refractivity contribution in [1.29, 1.82) is 0 Å². The first kappa shape index (κ1) is 47.7. The molecule has 3 aliphatic rings. The number of hydrogen-bond acceptors (Lipinski definition) is 11. The summed E-state index contributed by atoms with van der Waals surface area (Å²) in [5.74, 6) is -0.205. The van der Waals surface area contributed by atoms with Gasteiger partial charge in [0, 0.05) is 141 Å². The maximum atomic E-state index is 14.3. The molecule has 2 atom stereocenters. The molecule has 5 heterocycles. The SMILES string of the molecule is CC(=O)N1CCC[C@@H](N(C)c2cc(Nc3ccc(C(=O)N(C)C)c(C)c3)ncc2C)C1.CC(=O)N1CCC[C@@H](N(C)c2cc(Nc3ccc(F)c(C(=O)N4CCC4)c3)ncc2C(N)=O)C1. The number of primary amides is 1. The molecule has 0 spiro atoms. The summed E-state index contributed by atoms with van der Waals surface area (Å²) in [6.45, 7) is 11.3. The molecule has 2 aromatic heterocycles. The number of nitrogens with zero attached hydrogens (tertiary/aromatic N) is 8. The van der Waals surface area contributed by atoms with Crippen LogP contribution in [-0.2, 0) is 9.59 Å². The van der Waals surface area contributed by atoms with E-state index in [1.165, 1.54) is 24.4 Å². The zero-order valence-electron chi connectivity index (χ0n) is 38.8. The molecule has 65 heavy (non-hydrogen) atoms. The minimum Gasteiger partial charge on any atom is -0.369 e. The molecule has 16 nitrogen and oxygen atoms in total. The zero-order chi connectivity index (χ0) is 47.1. The second kappa shape index (κ2) is 20.8. The summed E-state index contributed by atoms with van der Waals surface area (Å²) in [7, 11) is 7.46. The van der Waals surface area contributed by atoms with E-state index in [2.05, 4.69) is 45.5 Å². The first-order valence-corrected chi connectivity index (χ1v) is 22.1. The molecule has 0 aliphatic carbocycles. The van der Waals surface area contributed by atoms with Crippen LogP contribution in [0.5, 0.6) is 0 Å². The first-order valence-electron chi connectivity index (χ1n) is 22.1. The predicted molar refractivity (Wildman–Crippen MR) is 252 cm³/mol. The molecule has 0 unspecified atom stereocenters. The zero-order valence-corrected chi connectivity index (χ0v) is 38.8. The van der Waals surface area contributed by atoms with E-state index in [9.17, 15) is 28.4 Å². The number of likely N-dealkylation sites (tertiary alicyclic amines) is 3. The Kier molecular flexibility index (Phi) is 15.3. The first-order chi connectivity index (χ1) is 30.9. The second-order valence-corrected chi connectivity index (χ2v) is 17.4. The van der Waals surface area contributed by atoms with Crippen molar-refractivity contribution in [3.05, 3.63) is 94.6 Å². The third-order valence-electron chi connectivity index (χ3n) is 12.5. The number of amides is 5. The van der Waals surface area contributed by atoms with Crippen LogP contribution >= 0.6 is 0 Å². The number of nitrogens with one attached hydrogen (secondary N) is 2. The van der Waals surface area contributed by atoms with E-state index in [0.717, 1.165) is 73.5 Å². The Morgan fingerprint density at radius 1 is 0.646 bits per heavy atom. The van der Waals surface area contributed by atoms with Gasteiger partial charge >= 0.3 is 0 Å². The van der Waals surface area contributed by atoms with Gasteiger partial charge in [-0.15, -0.1) is 0 Å². The topological polar surface area (TPSA) is 181 Å². The van der Waals surface area contributed by atoms with Crippen LogP contribution in [0.4, 0.5) is 38.8 Å². The summed E-state index contributed by atoms with van der Waals surface area (Å²) in [6.07, 6.45) is 7.99. The smallest absolute Gasteiger partial charge is 0.256 e. The van der Waals surface area contributed by atoms with E-state index >= 15 is 0 Å². The number of rotatable bonds is 11. The van der Waals surface area contributed by atoms with Gasteiger partial charge < -0.3 is 45.8 Å². The van der Waals surface area contributed by atoms with E-state index < -0.39 is 11.7 Å². The highest BCUT2D eigenvalue weighted by Crippen LogP contribution is 2.31. The number of aromatic nitrogens is 2. The monoisotopic (exact) mass is 891 g/mol. The highest BCUT2D eigenvalue weighted by Gasteiger charge is 2.29. The lowest BCUT2D eigenvalue weighted by atomic mass is 10.0. The van der Waals surface area contributed by atoms with Crippen molar-refractivity contribution >= 4 is 63.9 Å². The lowest BCUT2D eigenvalue weighted by molar-refractivity contribution is -0.130. The number of aryl methyl sites for hydroxylation is 2. The Balaban J connectivity index is 0.000000216. The Labute approximate surface area is 380 Å². The van der Waals surface area contributed by atoms with Crippen molar-refractivity contribution in [3.63, 3.8) is 0 Å². The van der Waals surface area contributed by atoms with Crippen LogP contribution in [0.1, 0.15) is 88.2 Å². The maximum absolute atomic E-state index is 14.3. The predicted octanol–water partition coefficient (Wildman–Crippen LogP) is 5.95. The van der Waals surface area contributed by atoms with Crippen molar-refractivity contribution < 1.29 is 28.4 Å². The summed E-state index contributed by atoms with van der Waals surface area (Å²) < 4.78 is 14.3. The molecule has 4 N–H and O–H groups in total. The third kappa shape index (κ3) is 11.5. The molecule has 2 aromatic carbocycles.